The first-order valence-corrected chi connectivity index (χ1v) is 6.31. The zero-order valence-corrected chi connectivity index (χ0v) is 10.9. The van der Waals surface area contributed by atoms with Crippen LogP contribution in [0.3, 0.4) is 0 Å². The Morgan fingerprint density at radius 2 is 1.83 bits per heavy atom. The Labute approximate surface area is 108 Å². The molecule has 1 atom stereocenters. The number of rotatable bonds is 3. The molecule has 1 aliphatic heterocycles. The van der Waals surface area contributed by atoms with Gasteiger partial charge >= 0.3 is 5.97 Å². The molecule has 0 radical (unpaired) electrons. The second-order valence-corrected chi connectivity index (χ2v) is 4.98. The van der Waals surface area contributed by atoms with Crippen LogP contribution in [0.4, 0.5) is 0 Å². The predicted octanol–water partition coefficient (Wildman–Crippen LogP) is 1.20. The molecule has 0 aliphatic carbocycles. The van der Waals surface area contributed by atoms with Crippen LogP contribution in [-0.4, -0.2) is 42.2 Å². The van der Waals surface area contributed by atoms with E-state index in [-0.39, 0.29) is 0 Å². The highest BCUT2D eigenvalue weighted by molar-refractivity contribution is 5.80. The fourth-order valence-corrected chi connectivity index (χ4v) is 2.43. The van der Waals surface area contributed by atoms with Crippen LogP contribution < -0.4 is 5.32 Å². The molecule has 1 unspecified atom stereocenters. The number of piperazine rings is 1. The largest absolute Gasteiger partial charge is 0.480 e. The average Bonchev–Trinajstić information content (AvgIpc) is 2.39. The fraction of sp³-hybridized carbons (Fsp3) is 0.500. The van der Waals surface area contributed by atoms with E-state index in [0.717, 1.165) is 37.3 Å². The Morgan fingerprint density at radius 3 is 2.33 bits per heavy atom. The number of hydrogen-bond donors (Lipinski definition) is 2. The highest BCUT2D eigenvalue weighted by Crippen LogP contribution is 2.29. The minimum atomic E-state index is -0.935. The number of carboxylic acids is 1. The monoisotopic (exact) mass is 248 g/mol. The van der Waals surface area contributed by atoms with Crippen molar-refractivity contribution in [3.05, 3.63) is 35.4 Å². The van der Waals surface area contributed by atoms with Crippen molar-refractivity contribution in [2.24, 2.45) is 0 Å². The van der Waals surface area contributed by atoms with Crippen molar-refractivity contribution in [1.29, 1.82) is 0 Å². The average molecular weight is 248 g/mol. The molecule has 0 aromatic heterocycles. The summed E-state index contributed by atoms with van der Waals surface area (Å²) in [4.78, 5) is 13.8. The van der Waals surface area contributed by atoms with Crippen molar-refractivity contribution in [2.45, 2.75) is 19.4 Å². The molecule has 1 fully saturated rings. The summed E-state index contributed by atoms with van der Waals surface area (Å²) >= 11 is 0. The zero-order chi connectivity index (χ0) is 13.2. The van der Waals surface area contributed by atoms with Crippen molar-refractivity contribution in [1.82, 2.24) is 10.2 Å². The van der Waals surface area contributed by atoms with Gasteiger partial charge in [0.05, 0.1) is 0 Å². The van der Waals surface area contributed by atoms with E-state index in [1.165, 1.54) is 0 Å². The third-order valence-corrected chi connectivity index (χ3v) is 3.78. The van der Waals surface area contributed by atoms with Crippen molar-refractivity contribution in [3.8, 4) is 0 Å². The summed E-state index contributed by atoms with van der Waals surface area (Å²) in [7, 11) is 0. The highest BCUT2D eigenvalue weighted by Gasteiger charge is 2.41. The Morgan fingerprint density at radius 1 is 1.28 bits per heavy atom. The first-order valence-electron chi connectivity index (χ1n) is 6.31. The van der Waals surface area contributed by atoms with Gasteiger partial charge in [0.1, 0.15) is 5.54 Å². The summed E-state index contributed by atoms with van der Waals surface area (Å²) in [5.41, 5.74) is 1.06. The molecular formula is C14H20N2O2. The summed E-state index contributed by atoms with van der Waals surface area (Å²) in [6.07, 6.45) is 0. The summed E-state index contributed by atoms with van der Waals surface area (Å²) in [5.74, 6) is -0.784. The van der Waals surface area contributed by atoms with E-state index < -0.39 is 11.5 Å². The number of carbonyl (C=O) groups is 1. The number of hydrogen-bond acceptors (Lipinski definition) is 3. The predicted molar refractivity (Wildman–Crippen MR) is 70.6 cm³/mol. The lowest BCUT2D eigenvalue weighted by atomic mass is 9.89. The van der Waals surface area contributed by atoms with Crippen molar-refractivity contribution in [2.75, 3.05) is 26.2 Å². The highest BCUT2D eigenvalue weighted by atomic mass is 16.4. The third kappa shape index (κ3) is 2.26. The maximum atomic E-state index is 11.7. The molecule has 0 saturated carbocycles. The molecule has 18 heavy (non-hydrogen) atoms. The molecule has 0 amide bonds. The van der Waals surface area contributed by atoms with Gasteiger partial charge in [-0.05, 0) is 19.4 Å². The maximum Gasteiger partial charge on any atom is 0.328 e. The van der Waals surface area contributed by atoms with Gasteiger partial charge in [0.25, 0.3) is 0 Å². The molecule has 2 N–H and O–H groups in total. The molecule has 1 aromatic rings. The Balaban J connectivity index is 2.36. The molecule has 4 heteroatoms. The molecule has 98 valence electrons. The number of nitrogens with zero attached hydrogens (tertiary/aromatic N) is 1. The Kier molecular flexibility index (Phi) is 3.68. The molecule has 0 bridgehead atoms. The van der Waals surface area contributed by atoms with Crippen LogP contribution in [-0.2, 0) is 10.3 Å². The molecule has 2 rings (SSSR count). The van der Waals surface area contributed by atoms with Crippen molar-refractivity contribution >= 4 is 5.97 Å². The van der Waals surface area contributed by atoms with Crippen molar-refractivity contribution in [3.63, 3.8) is 0 Å². The van der Waals surface area contributed by atoms with Gasteiger partial charge in [0, 0.05) is 26.2 Å². The normalized spacial score (nSPS) is 20.3. The number of aliphatic carboxylic acids is 1. The molecule has 0 spiro atoms. The lowest BCUT2D eigenvalue weighted by Gasteiger charge is -2.40. The Bertz CT molecular complexity index is 424. The summed E-state index contributed by atoms with van der Waals surface area (Å²) in [5, 5.41) is 12.9. The third-order valence-electron chi connectivity index (χ3n) is 3.78. The van der Waals surface area contributed by atoms with E-state index >= 15 is 0 Å². The van der Waals surface area contributed by atoms with Gasteiger partial charge in [0.15, 0.2) is 0 Å². The minimum Gasteiger partial charge on any atom is -0.480 e. The second kappa shape index (κ2) is 5.08. The standard InChI is InChI=1S/C14H20N2O2/c1-11-3-5-12(6-4-11)14(2,13(17)18)16-9-7-15-8-10-16/h3-6,15H,7-10H2,1-2H3,(H,17,18). The van der Waals surface area contributed by atoms with E-state index in [1.807, 2.05) is 36.1 Å². The van der Waals surface area contributed by atoms with Crippen molar-refractivity contribution < 1.29 is 9.90 Å². The van der Waals surface area contributed by atoms with Gasteiger partial charge in [-0.25, -0.2) is 4.79 Å². The summed E-state index contributed by atoms with van der Waals surface area (Å²) in [6, 6.07) is 7.79. The van der Waals surface area contributed by atoms with E-state index in [9.17, 15) is 9.90 Å². The van der Waals surface area contributed by atoms with Gasteiger partial charge in [-0.2, -0.15) is 0 Å². The minimum absolute atomic E-state index is 0.761. The first kappa shape index (κ1) is 13.1. The fourth-order valence-electron chi connectivity index (χ4n) is 2.43. The van der Waals surface area contributed by atoms with Crippen LogP contribution in [0, 0.1) is 6.92 Å². The van der Waals surface area contributed by atoms with E-state index in [2.05, 4.69) is 5.32 Å². The first-order chi connectivity index (χ1) is 8.55. The number of nitrogens with one attached hydrogen (secondary N) is 1. The van der Waals surface area contributed by atoms with Gasteiger partial charge in [0.2, 0.25) is 0 Å². The van der Waals surface area contributed by atoms with E-state index in [0.29, 0.717) is 0 Å². The van der Waals surface area contributed by atoms with Crippen LogP contribution in [0.5, 0.6) is 0 Å². The van der Waals surface area contributed by atoms with Gasteiger partial charge in [-0.15, -0.1) is 0 Å². The van der Waals surface area contributed by atoms with Crippen LogP contribution in [0.2, 0.25) is 0 Å². The quantitative estimate of drug-likeness (QED) is 0.844. The van der Waals surface area contributed by atoms with Gasteiger partial charge in [-0.3, -0.25) is 4.90 Å². The van der Waals surface area contributed by atoms with Crippen LogP contribution >= 0.6 is 0 Å². The van der Waals surface area contributed by atoms with Crippen LogP contribution in [0.15, 0.2) is 24.3 Å². The summed E-state index contributed by atoms with van der Waals surface area (Å²) in [6.45, 7) is 7.01. The summed E-state index contributed by atoms with van der Waals surface area (Å²) < 4.78 is 0. The van der Waals surface area contributed by atoms with E-state index in [1.54, 1.807) is 6.92 Å². The zero-order valence-electron chi connectivity index (χ0n) is 10.9. The van der Waals surface area contributed by atoms with Crippen LogP contribution in [0.1, 0.15) is 18.1 Å². The van der Waals surface area contributed by atoms with Crippen LogP contribution in [0.25, 0.3) is 0 Å². The lowest BCUT2D eigenvalue weighted by Crippen LogP contribution is -2.56. The molecule has 4 nitrogen and oxygen atoms in total. The smallest absolute Gasteiger partial charge is 0.328 e. The SMILES string of the molecule is Cc1ccc(C(C)(C(=O)O)N2CCNCC2)cc1. The lowest BCUT2D eigenvalue weighted by molar-refractivity contribution is -0.151. The molecule has 1 aromatic carbocycles. The van der Waals surface area contributed by atoms with Gasteiger partial charge in [-0.1, -0.05) is 29.8 Å². The molecule has 1 aliphatic rings. The number of benzene rings is 1. The molecule has 1 saturated heterocycles. The Hall–Kier alpha value is -1.39. The topological polar surface area (TPSA) is 52.6 Å². The second-order valence-electron chi connectivity index (χ2n) is 4.98. The van der Waals surface area contributed by atoms with E-state index in [4.69, 9.17) is 0 Å². The molecule has 1 heterocycles. The van der Waals surface area contributed by atoms with Gasteiger partial charge < -0.3 is 10.4 Å². The maximum absolute atomic E-state index is 11.7. The number of carboxylic acid groups (broad SMARTS) is 1. The number of aryl methyl sites for hydroxylation is 1. The molecular weight excluding hydrogens is 228 g/mol.